The standard InChI is InChI=1S/C25H26N2O4S/c1-17-8-14-20(15-9-17)32(29,30)27-19-12-10-18(11-13-19)24(28)26-22-16-25(2,3)31-23-7-5-4-6-21(22)23/h4-15,22,27H,16H2,1-3H3,(H,26,28). The molecule has 1 amide bonds. The second-order valence-electron chi connectivity index (χ2n) is 8.63. The highest BCUT2D eigenvalue weighted by atomic mass is 32.2. The lowest BCUT2D eigenvalue weighted by atomic mass is 9.89. The Kier molecular flexibility index (Phi) is 5.69. The third-order valence-electron chi connectivity index (χ3n) is 5.41. The first-order valence-corrected chi connectivity index (χ1v) is 11.9. The fourth-order valence-corrected chi connectivity index (χ4v) is 4.85. The van der Waals surface area contributed by atoms with E-state index < -0.39 is 15.6 Å². The molecule has 1 unspecified atom stereocenters. The monoisotopic (exact) mass is 450 g/mol. The van der Waals surface area contributed by atoms with Crippen molar-refractivity contribution in [2.45, 2.75) is 43.7 Å². The average Bonchev–Trinajstić information content (AvgIpc) is 2.73. The Labute approximate surface area is 188 Å². The van der Waals surface area contributed by atoms with Gasteiger partial charge < -0.3 is 10.1 Å². The van der Waals surface area contributed by atoms with Crippen molar-refractivity contribution in [3.05, 3.63) is 89.5 Å². The van der Waals surface area contributed by atoms with E-state index in [1.807, 2.05) is 45.0 Å². The van der Waals surface area contributed by atoms with Crippen LogP contribution in [-0.2, 0) is 10.0 Å². The van der Waals surface area contributed by atoms with Gasteiger partial charge in [-0.05, 0) is 63.2 Å². The predicted octanol–water partition coefficient (Wildman–Crippen LogP) is 4.83. The molecule has 0 aliphatic carbocycles. The molecule has 0 spiro atoms. The number of carbonyl (C=O) groups is 1. The van der Waals surface area contributed by atoms with Gasteiger partial charge in [0.05, 0.1) is 10.9 Å². The van der Waals surface area contributed by atoms with Crippen LogP contribution in [0.5, 0.6) is 5.75 Å². The van der Waals surface area contributed by atoms with E-state index in [4.69, 9.17) is 4.74 Å². The van der Waals surface area contributed by atoms with Crippen LogP contribution >= 0.6 is 0 Å². The number of benzene rings is 3. The summed E-state index contributed by atoms with van der Waals surface area (Å²) in [5.74, 6) is 0.547. The van der Waals surface area contributed by atoms with Crippen molar-refractivity contribution in [3.63, 3.8) is 0 Å². The van der Waals surface area contributed by atoms with Gasteiger partial charge >= 0.3 is 0 Å². The van der Waals surface area contributed by atoms with Gasteiger partial charge in [-0.3, -0.25) is 9.52 Å². The Hall–Kier alpha value is -3.32. The molecule has 6 nitrogen and oxygen atoms in total. The lowest BCUT2D eigenvalue weighted by Gasteiger charge is -2.37. The first-order valence-electron chi connectivity index (χ1n) is 10.4. The molecule has 0 saturated heterocycles. The van der Waals surface area contributed by atoms with E-state index in [1.165, 1.54) is 0 Å². The number of hydrogen-bond donors (Lipinski definition) is 2. The number of rotatable bonds is 5. The number of hydrogen-bond acceptors (Lipinski definition) is 4. The molecule has 0 fully saturated rings. The van der Waals surface area contributed by atoms with Gasteiger partial charge in [0.2, 0.25) is 0 Å². The van der Waals surface area contributed by atoms with Gasteiger partial charge in [-0.25, -0.2) is 8.42 Å². The minimum absolute atomic E-state index is 0.179. The Morgan fingerprint density at radius 3 is 2.31 bits per heavy atom. The van der Waals surface area contributed by atoms with Gasteiger partial charge in [0.1, 0.15) is 11.4 Å². The number of aryl methyl sites for hydroxylation is 1. The quantitative estimate of drug-likeness (QED) is 0.583. The average molecular weight is 451 g/mol. The Balaban J connectivity index is 1.47. The molecule has 1 aliphatic rings. The highest BCUT2D eigenvalue weighted by Gasteiger charge is 2.34. The third kappa shape index (κ3) is 4.78. The SMILES string of the molecule is Cc1ccc(S(=O)(=O)Nc2ccc(C(=O)NC3CC(C)(C)Oc4ccccc43)cc2)cc1. The molecule has 3 aromatic carbocycles. The summed E-state index contributed by atoms with van der Waals surface area (Å²) < 4.78 is 33.7. The third-order valence-corrected chi connectivity index (χ3v) is 6.81. The zero-order valence-corrected chi connectivity index (χ0v) is 19.1. The highest BCUT2D eigenvalue weighted by molar-refractivity contribution is 7.92. The lowest BCUT2D eigenvalue weighted by Crippen LogP contribution is -2.41. The number of amides is 1. The number of ether oxygens (including phenoxy) is 1. The minimum atomic E-state index is -3.70. The molecule has 166 valence electrons. The molecular weight excluding hydrogens is 424 g/mol. The van der Waals surface area contributed by atoms with Gasteiger partial charge in [-0.15, -0.1) is 0 Å². The van der Waals surface area contributed by atoms with E-state index in [9.17, 15) is 13.2 Å². The largest absolute Gasteiger partial charge is 0.487 e. The van der Waals surface area contributed by atoms with Gasteiger partial charge in [-0.2, -0.15) is 0 Å². The number of para-hydroxylation sites is 1. The maximum Gasteiger partial charge on any atom is 0.261 e. The summed E-state index contributed by atoms with van der Waals surface area (Å²) >= 11 is 0. The summed E-state index contributed by atoms with van der Waals surface area (Å²) in [5.41, 5.74) is 2.37. The Bertz CT molecular complexity index is 1230. The number of carbonyl (C=O) groups excluding carboxylic acids is 1. The van der Waals surface area contributed by atoms with Crippen molar-refractivity contribution < 1.29 is 17.9 Å². The van der Waals surface area contributed by atoms with Gasteiger partial charge in [0.25, 0.3) is 15.9 Å². The molecule has 0 bridgehead atoms. The van der Waals surface area contributed by atoms with Crippen molar-refractivity contribution in [2.75, 3.05) is 4.72 Å². The van der Waals surface area contributed by atoms with Crippen LogP contribution in [0.1, 0.15) is 47.8 Å². The first-order chi connectivity index (χ1) is 15.1. The summed E-state index contributed by atoms with van der Waals surface area (Å²) in [7, 11) is -3.70. The second kappa shape index (κ2) is 8.31. The molecule has 1 atom stereocenters. The van der Waals surface area contributed by atoms with Crippen LogP contribution in [-0.4, -0.2) is 19.9 Å². The van der Waals surface area contributed by atoms with Crippen molar-refractivity contribution in [3.8, 4) is 5.75 Å². The molecule has 32 heavy (non-hydrogen) atoms. The molecule has 0 radical (unpaired) electrons. The number of nitrogens with one attached hydrogen (secondary N) is 2. The molecule has 0 aromatic heterocycles. The summed E-state index contributed by atoms with van der Waals surface area (Å²) in [6.45, 7) is 5.89. The fraction of sp³-hybridized carbons (Fsp3) is 0.240. The van der Waals surface area contributed by atoms with Crippen LogP contribution in [0.4, 0.5) is 5.69 Å². The molecule has 2 N–H and O–H groups in total. The van der Waals surface area contributed by atoms with Crippen LogP contribution in [0.25, 0.3) is 0 Å². The fourth-order valence-electron chi connectivity index (χ4n) is 3.79. The van der Waals surface area contributed by atoms with Crippen LogP contribution in [0, 0.1) is 6.92 Å². The summed E-state index contributed by atoms with van der Waals surface area (Å²) in [6, 6.07) is 20.5. The van der Waals surface area contributed by atoms with E-state index >= 15 is 0 Å². The Morgan fingerprint density at radius 1 is 0.969 bits per heavy atom. The summed E-state index contributed by atoms with van der Waals surface area (Å²) in [5, 5.41) is 3.09. The van der Waals surface area contributed by atoms with Crippen LogP contribution in [0.2, 0.25) is 0 Å². The maximum absolute atomic E-state index is 12.9. The van der Waals surface area contributed by atoms with E-state index in [-0.39, 0.29) is 16.8 Å². The van der Waals surface area contributed by atoms with E-state index in [0.29, 0.717) is 17.7 Å². The van der Waals surface area contributed by atoms with Crippen molar-refractivity contribution in [1.82, 2.24) is 5.32 Å². The van der Waals surface area contributed by atoms with Crippen LogP contribution in [0.3, 0.4) is 0 Å². The number of anilines is 1. The van der Waals surface area contributed by atoms with E-state index in [2.05, 4.69) is 10.0 Å². The molecule has 7 heteroatoms. The molecule has 3 aromatic rings. The maximum atomic E-state index is 12.9. The minimum Gasteiger partial charge on any atom is -0.487 e. The van der Waals surface area contributed by atoms with E-state index in [1.54, 1.807) is 48.5 Å². The zero-order chi connectivity index (χ0) is 22.9. The summed E-state index contributed by atoms with van der Waals surface area (Å²) in [4.78, 5) is 13.1. The van der Waals surface area contributed by atoms with E-state index in [0.717, 1.165) is 16.9 Å². The Morgan fingerprint density at radius 2 is 1.62 bits per heavy atom. The molecule has 4 rings (SSSR count). The van der Waals surface area contributed by atoms with Crippen molar-refractivity contribution >= 4 is 21.6 Å². The smallest absolute Gasteiger partial charge is 0.261 e. The first kappa shape index (κ1) is 21.9. The molecule has 0 saturated carbocycles. The highest BCUT2D eigenvalue weighted by Crippen LogP contribution is 2.39. The lowest BCUT2D eigenvalue weighted by molar-refractivity contribution is 0.0619. The van der Waals surface area contributed by atoms with Crippen molar-refractivity contribution in [1.29, 1.82) is 0 Å². The summed E-state index contributed by atoms with van der Waals surface area (Å²) in [6.07, 6.45) is 0.643. The van der Waals surface area contributed by atoms with Gasteiger partial charge in [0.15, 0.2) is 0 Å². The van der Waals surface area contributed by atoms with Crippen molar-refractivity contribution in [2.24, 2.45) is 0 Å². The van der Waals surface area contributed by atoms with Crippen LogP contribution in [0.15, 0.2) is 77.7 Å². The van der Waals surface area contributed by atoms with Gasteiger partial charge in [0, 0.05) is 23.2 Å². The zero-order valence-electron chi connectivity index (χ0n) is 18.3. The predicted molar refractivity (Wildman–Crippen MR) is 124 cm³/mol. The molecule has 1 heterocycles. The number of fused-ring (bicyclic) bond motifs is 1. The van der Waals surface area contributed by atoms with Gasteiger partial charge in [-0.1, -0.05) is 35.9 Å². The topological polar surface area (TPSA) is 84.5 Å². The normalized spacial score (nSPS) is 17.0. The second-order valence-corrected chi connectivity index (χ2v) is 10.3. The number of sulfonamides is 1. The molecular formula is C25H26N2O4S. The van der Waals surface area contributed by atoms with Crippen LogP contribution < -0.4 is 14.8 Å². The molecule has 1 aliphatic heterocycles.